The van der Waals surface area contributed by atoms with Crippen LogP contribution in [0, 0.1) is 0 Å². The summed E-state index contributed by atoms with van der Waals surface area (Å²) in [6.07, 6.45) is 3.71. The number of urea groups is 1. The van der Waals surface area contributed by atoms with Gasteiger partial charge >= 0.3 is 6.03 Å². The number of amides is 2. The van der Waals surface area contributed by atoms with Gasteiger partial charge in [-0.25, -0.2) is 4.79 Å². The van der Waals surface area contributed by atoms with Crippen molar-refractivity contribution in [2.75, 3.05) is 36.5 Å². The van der Waals surface area contributed by atoms with Crippen LogP contribution in [0.2, 0.25) is 0 Å². The highest BCUT2D eigenvalue weighted by Crippen LogP contribution is 2.29. The summed E-state index contributed by atoms with van der Waals surface area (Å²) in [7, 11) is 0. The maximum absolute atomic E-state index is 13.6. The first-order chi connectivity index (χ1) is 16.1. The van der Waals surface area contributed by atoms with E-state index >= 15 is 0 Å². The largest absolute Gasteiger partial charge is 0.494 e. The van der Waals surface area contributed by atoms with E-state index in [0.29, 0.717) is 6.61 Å². The predicted octanol–water partition coefficient (Wildman–Crippen LogP) is 6.18. The first-order valence-electron chi connectivity index (χ1n) is 12.0. The number of ether oxygens (including phenoxy) is 1. The van der Waals surface area contributed by atoms with Gasteiger partial charge in [0.2, 0.25) is 0 Å². The number of aromatic nitrogens is 1. The molecule has 0 spiro atoms. The monoisotopic (exact) mass is 448 g/mol. The molecule has 0 aliphatic heterocycles. The van der Waals surface area contributed by atoms with E-state index in [1.54, 1.807) is 6.20 Å². The second-order valence-corrected chi connectivity index (χ2v) is 8.12. The molecule has 0 bridgehead atoms. The minimum absolute atomic E-state index is 0.0223. The first-order valence-corrected chi connectivity index (χ1v) is 12.0. The number of carbonyl (C=O) groups is 1. The van der Waals surface area contributed by atoms with Crippen molar-refractivity contribution in [1.29, 1.82) is 0 Å². The Balaban J connectivity index is 1.85. The molecule has 1 atom stereocenters. The Morgan fingerprint density at radius 2 is 1.76 bits per heavy atom. The maximum atomic E-state index is 13.6. The summed E-state index contributed by atoms with van der Waals surface area (Å²) in [5.41, 5.74) is 2.49. The molecule has 176 valence electrons. The van der Waals surface area contributed by atoms with Gasteiger partial charge in [-0.1, -0.05) is 32.0 Å². The summed E-state index contributed by atoms with van der Waals surface area (Å²) >= 11 is 0. The second-order valence-electron chi connectivity index (χ2n) is 8.12. The second kappa shape index (κ2) is 12.2. The van der Waals surface area contributed by atoms with Crippen LogP contribution in [-0.4, -0.2) is 48.2 Å². The van der Waals surface area contributed by atoms with Gasteiger partial charge in [0, 0.05) is 23.3 Å². The highest BCUT2D eigenvalue weighted by Gasteiger charge is 2.24. The number of rotatable bonds is 11. The molecular weight excluding hydrogens is 412 g/mol. The van der Waals surface area contributed by atoms with Gasteiger partial charge in [0.1, 0.15) is 5.75 Å². The third kappa shape index (κ3) is 6.45. The Labute approximate surface area is 197 Å². The molecule has 0 aliphatic carbocycles. The molecule has 6 nitrogen and oxygen atoms in total. The van der Waals surface area contributed by atoms with E-state index in [0.717, 1.165) is 60.5 Å². The predicted molar refractivity (Wildman–Crippen MR) is 137 cm³/mol. The molecule has 33 heavy (non-hydrogen) atoms. The van der Waals surface area contributed by atoms with Gasteiger partial charge in [-0.05, 0) is 82.7 Å². The fourth-order valence-corrected chi connectivity index (χ4v) is 4.10. The average molecular weight is 449 g/mol. The van der Waals surface area contributed by atoms with Crippen molar-refractivity contribution in [1.82, 2.24) is 9.88 Å². The zero-order valence-corrected chi connectivity index (χ0v) is 20.3. The van der Waals surface area contributed by atoms with Gasteiger partial charge in [0.15, 0.2) is 0 Å². The maximum Gasteiger partial charge on any atom is 0.326 e. The highest BCUT2D eigenvalue weighted by atomic mass is 16.5. The number of nitrogens with zero attached hydrogens (tertiary/aromatic N) is 3. The lowest BCUT2D eigenvalue weighted by Gasteiger charge is -2.31. The zero-order valence-electron chi connectivity index (χ0n) is 20.3. The lowest BCUT2D eigenvalue weighted by molar-refractivity contribution is 0.253. The fraction of sp³-hybridized carbons (Fsp3) is 0.407. The molecule has 0 unspecified atom stereocenters. The number of benzene rings is 2. The van der Waals surface area contributed by atoms with Crippen LogP contribution in [-0.2, 0) is 0 Å². The molecule has 0 saturated heterocycles. The van der Waals surface area contributed by atoms with E-state index in [4.69, 9.17) is 4.74 Å². The van der Waals surface area contributed by atoms with Crippen LogP contribution in [0.4, 0.5) is 16.2 Å². The Hall–Kier alpha value is -3.12. The van der Waals surface area contributed by atoms with Crippen LogP contribution in [0.15, 0.2) is 60.8 Å². The molecule has 2 aromatic carbocycles. The van der Waals surface area contributed by atoms with Gasteiger partial charge in [-0.2, -0.15) is 0 Å². The van der Waals surface area contributed by atoms with Crippen LogP contribution in [0.1, 0.15) is 40.5 Å². The standard InChI is InChI=1S/C27H36N4O2/c1-5-30(6-2)20-10-11-21(4)31(26-18-19-28-25-13-9-8-12-24(25)26)27(32)29-22-14-16-23(17-15-22)33-7-3/h8-9,12-19,21H,5-7,10-11,20H2,1-4H3,(H,29,32)/t21-/m0/s1. The topological polar surface area (TPSA) is 57.7 Å². The molecule has 1 heterocycles. The minimum atomic E-state index is -0.147. The van der Waals surface area contributed by atoms with Crippen molar-refractivity contribution in [2.24, 2.45) is 0 Å². The van der Waals surface area contributed by atoms with Gasteiger partial charge in [0.25, 0.3) is 0 Å². The molecule has 3 rings (SSSR count). The summed E-state index contributed by atoms with van der Waals surface area (Å²) in [6.45, 7) is 12.2. The number of nitrogens with one attached hydrogen (secondary N) is 1. The normalized spacial score (nSPS) is 12.0. The van der Waals surface area contributed by atoms with Crippen LogP contribution in [0.3, 0.4) is 0 Å². The Bertz CT molecular complexity index is 1010. The minimum Gasteiger partial charge on any atom is -0.494 e. The molecule has 6 heteroatoms. The van der Waals surface area contributed by atoms with Gasteiger partial charge in [-0.3, -0.25) is 9.88 Å². The van der Waals surface area contributed by atoms with Crippen molar-refractivity contribution in [3.05, 3.63) is 60.8 Å². The Morgan fingerprint density at radius 1 is 1.03 bits per heavy atom. The number of fused-ring (bicyclic) bond motifs is 1. The molecule has 1 N–H and O–H groups in total. The van der Waals surface area contributed by atoms with E-state index < -0.39 is 0 Å². The summed E-state index contributed by atoms with van der Waals surface area (Å²) in [6, 6.07) is 17.3. The summed E-state index contributed by atoms with van der Waals surface area (Å²) < 4.78 is 5.52. The number of anilines is 2. The van der Waals surface area contributed by atoms with E-state index in [1.807, 2.05) is 66.4 Å². The molecule has 0 saturated carbocycles. The van der Waals surface area contributed by atoms with Crippen molar-refractivity contribution in [2.45, 2.75) is 46.6 Å². The lowest BCUT2D eigenvalue weighted by atomic mass is 10.1. The Kier molecular flexibility index (Phi) is 9.07. The highest BCUT2D eigenvalue weighted by molar-refractivity contribution is 6.07. The molecular formula is C27H36N4O2. The Morgan fingerprint density at radius 3 is 2.45 bits per heavy atom. The molecule has 3 aromatic rings. The van der Waals surface area contributed by atoms with Gasteiger partial charge in [-0.15, -0.1) is 0 Å². The SMILES string of the molecule is CCOc1ccc(NC(=O)N(c2ccnc3ccccc23)[C@@H](C)CCCN(CC)CC)cc1. The third-order valence-electron chi connectivity index (χ3n) is 5.95. The molecule has 0 aliphatic rings. The van der Waals surface area contributed by atoms with Crippen molar-refractivity contribution < 1.29 is 9.53 Å². The lowest BCUT2D eigenvalue weighted by Crippen LogP contribution is -2.42. The van der Waals surface area contributed by atoms with Crippen LogP contribution < -0.4 is 15.0 Å². The number of carbonyl (C=O) groups excluding carboxylic acids is 1. The van der Waals surface area contributed by atoms with E-state index in [-0.39, 0.29) is 12.1 Å². The van der Waals surface area contributed by atoms with Crippen LogP contribution >= 0.6 is 0 Å². The van der Waals surface area contributed by atoms with Crippen molar-refractivity contribution in [3.63, 3.8) is 0 Å². The van der Waals surface area contributed by atoms with Gasteiger partial charge < -0.3 is 15.0 Å². The van der Waals surface area contributed by atoms with Crippen LogP contribution in [0.5, 0.6) is 5.75 Å². The third-order valence-corrected chi connectivity index (χ3v) is 5.95. The number of hydrogen-bond acceptors (Lipinski definition) is 4. The van der Waals surface area contributed by atoms with Crippen molar-refractivity contribution in [3.8, 4) is 5.75 Å². The number of para-hydroxylation sites is 1. The first kappa shape index (κ1) is 24.5. The summed E-state index contributed by atoms with van der Waals surface area (Å²) in [5.74, 6) is 0.789. The quantitative estimate of drug-likeness (QED) is 0.380. The molecule has 0 fully saturated rings. The van der Waals surface area contributed by atoms with E-state index in [1.165, 1.54) is 0 Å². The fourth-order valence-electron chi connectivity index (χ4n) is 4.10. The summed E-state index contributed by atoms with van der Waals surface area (Å²) in [4.78, 5) is 22.3. The molecule has 0 radical (unpaired) electrons. The summed E-state index contributed by atoms with van der Waals surface area (Å²) in [5, 5.41) is 4.05. The molecule has 2 amide bonds. The van der Waals surface area contributed by atoms with Crippen LogP contribution in [0.25, 0.3) is 10.9 Å². The number of hydrogen-bond donors (Lipinski definition) is 1. The zero-order chi connectivity index (χ0) is 23.6. The smallest absolute Gasteiger partial charge is 0.326 e. The molecule has 1 aromatic heterocycles. The average Bonchev–Trinajstić information content (AvgIpc) is 2.83. The van der Waals surface area contributed by atoms with Gasteiger partial charge in [0.05, 0.1) is 17.8 Å². The van der Waals surface area contributed by atoms with E-state index in [9.17, 15) is 4.79 Å². The van der Waals surface area contributed by atoms with E-state index in [2.05, 4.69) is 36.0 Å². The van der Waals surface area contributed by atoms with Crippen molar-refractivity contribution >= 4 is 28.3 Å². The number of pyridine rings is 1.